The summed E-state index contributed by atoms with van der Waals surface area (Å²) in [6.45, 7) is 0.336. The third-order valence-corrected chi connectivity index (χ3v) is 3.72. The fourth-order valence-electron chi connectivity index (χ4n) is 2.39. The van der Waals surface area contributed by atoms with Crippen LogP contribution in [-0.2, 0) is 11.3 Å². The Morgan fingerprint density at radius 1 is 1.11 bits per heavy atom. The number of hydrogen-bond acceptors (Lipinski definition) is 3. The Morgan fingerprint density at radius 2 is 1.84 bits per heavy atom. The quantitative estimate of drug-likeness (QED) is 0.853. The van der Waals surface area contributed by atoms with E-state index >= 15 is 0 Å². The van der Waals surface area contributed by atoms with Crippen molar-refractivity contribution in [2.24, 2.45) is 0 Å². The van der Waals surface area contributed by atoms with Gasteiger partial charge in [-0.05, 0) is 31.2 Å². The van der Waals surface area contributed by atoms with Crippen molar-refractivity contribution in [3.05, 3.63) is 35.9 Å². The highest BCUT2D eigenvalue weighted by Crippen LogP contribution is 2.26. The molecule has 1 aromatic carbocycles. The Bertz CT molecular complexity index is 425. The molecule has 2 N–H and O–H groups in total. The van der Waals surface area contributed by atoms with Gasteiger partial charge in [0, 0.05) is 18.1 Å². The van der Waals surface area contributed by atoms with Crippen molar-refractivity contribution in [1.29, 1.82) is 0 Å². The Hall–Kier alpha value is -1.55. The second-order valence-corrected chi connectivity index (χ2v) is 5.51. The molecule has 2 aliphatic carbocycles. The summed E-state index contributed by atoms with van der Waals surface area (Å²) in [6, 6.07) is 11.3. The van der Waals surface area contributed by atoms with Crippen LogP contribution in [0.1, 0.15) is 31.2 Å². The van der Waals surface area contributed by atoms with Crippen LogP contribution in [0.3, 0.4) is 0 Å². The lowest BCUT2D eigenvalue weighted by molar-refractivity contribution is 0.125. The number of benzene rings is 1. The summed E-state index contributed by atoms with van der Waals surface area (Å²) in [7, 11) is 0. The van der Waals surface area contributed by atoms with Crippen LogP contribution in [0.25, 0.3) is 0 Å². The van der Waals surface area contributed by atoms with Gasteiger partial charge in [-0.15, -0.1) is 0 Å². The van der Waals surface area contributed by atoms with E-state index < -0.39 is 0 Å². The maximum Gasteiger partial charge on any atom is 0.407 e. The van der Waals surface area contributed by atoms with Gasteiger partial charge in [0.05, 0.1) is 0 Å². The number of rotatable bonds is 5. The fraction of sp³-hybridized carbons (Fsp3) is 0.533. The van der Waals surface area contributed by atoms with E-state index in [1.165, 1.54) is 12.8 Å². The van der Waals surface area contributed by atoms with E-state index in [1.54, 1.807) is 0 Å². The number of ether oxygens (including phenoxy) is 1. The standard InChI is InChI=1S/C15H20N2O2/c18-15(19-10-11-4-2-1-3-5-11)17-14-8-13(9-14)16-12-6-7-12/h1-5,12-14,16H,6-10H2,(H,17,18). The molecule has 0 unspecified atom stereocenters. The van der Waals surface area contributed by atoms with Gasteiger partial charge in [0.15, 0.2) is 0 Å². The van der Waals surface area contributed by atoms with Crippen molar-refractivity contribution in [3.8, 4) is 0 Å². The molecule has 0 heterocycles. The molecular formula is C15H20N2O2. The van der Waals surface area contributed by atoms with E-state index in [-0.39, 0.29) is 12.1 Å². The van der Waals surface area contributed by atoms with E-state index in [0.717, 1.165) is 24.4 Å². The zero-order chi connectivity index (χ0) is 13.1. The van der Waals surface area contributed by atoms with Crippen molar-refractivity contribution < 1.29 is 9.53 Å². The molecular weight excluding hydrogens is 240 g/mol. The lowest BCUT2D eigenvalue weighted by Crippen LogP contribution is -2.52. The number of nitrogens with one attached hydrogen (secondary N) is 2. The maximum atomic E-state index is 11.6. The first-order valence-electron chi connectivity index (χ1n) is 7.03. The van der Waals surface area contributed by atoms with Gasteiger partial charge in [-0.2, -0.15) is 0 Å². The van der Waals surface area contributed by atoms with Crippen molar-refractivity contribution in [2.75, 3.05) is 0 Å². The molecule has 3 rings (SSSR count). The van der Waals surface area contributed by atoms with Gasteiger partial charge in [0.1, 0.15) is 6.61 Å². The highest BCUT2D eigenvalue weighted by atomic mass is 16.5. The van der Waals surface area contributed by atoms with Gasteiger partial charge >= 0.3 is 6.09 Å². The summed E-state index contributed by atoms with van der Waals surface area (Å²) < 4.78 is 5.19. The van der Waals surface area contributed by atoms with E-state index in [4.69, 9.17) is 4.74 Å². The summed E-state index contributed by atoms with van der Waals surface area (Å²) in [5.74, 6) is 0. The number of alkyl carbamates (subject to hydrolysis) is 1. The van der Waals surface area contributed by atoms with Crippen molar-refractivity contribution in [3.63, 3.8) is 0 Å². The van der Waals surface area contributed by atoms with Gasteiger partial charge in [-0.1, -0.05) is 30.3 Å². The van der Waals surface area contributed by atoms with Crippen LogP contribution in [0.5, 0.6) is 0 Å². The van der Waals surface area contributed by atoms with E-state index in [0.29, 0.717) is 12.6 Å². The summed E-state index contributed by atoms with van der Waals surface area (Å²) in [4.78, 5) is 11.6. The molecule has 2 fully saturated rings. The molecule has 102 valence electrons. The molecule has 2 saturated carbocycles. The SMILES string of the molecule is O=C(NC1CC(NC2CC2)C1)OCc1ccccc1. The monoisotopic (exact) mass is 260 g/mol. The largest absolute Gasteiger partial charge is 0.445 e. The zero-order valence-electron chi connectivity index (χ0n) is 11.0. The number of carbonyl (C=O) groups excluding carboxylic acids is 1. The number of amides is 1. The van der Waals surface area contributed by atoms with Crippen LogP contribution in [0.15, 0.2) is 30.3 Å². The minimum atomic E-state index is -0.307. The van der Waals surface area contributed by atoms with Gasteiger partial charge in [0.25, 0.3) is 0 Å². The number of hydrogen-bond donors (Lipinski definition) is 2. The van der Waals surface area contributed by atoms with Crippen LogP contribution in [0, 0.1) is 0 Å². The lowest BCUT2D eigenvalue weighted by atomic mass is 9.87. The summed E-state index contributed by atoms with van der Waals surface area (Å²) in [6.07, 6.45) is 4.37. The molecule has 0 radical (unpaired) electrons. The third-order valence-electron chi connectivity index (χ3n) is 3.72. The topological polar surface area (TPSA) is 50.4 Å². The second kappa shape index (κ2) is 5.61. The molecule has 2 aliphatic rings. The first-order chi connectivity index (χ1) is 9.29. The smallest absolute Gasteiger partial charge is 0.407 e. The molecule has 0 aliphatic heterocycles. The van der Waals surface area contributed by atoms with Gasteiger partial charge in [-0.3, -0.25) is 0 Å². The maximum absolute atomic E-state index is 11.6. The molecule has 1 amide bonds. The fourth-order valence-corrected chi connectivity index (χ4v) is 2.39. The van der Waals surface area contributed by atoms with Crippen molar-refractivity contribution >= 4 is 6.09 Å². The normalized spacial score (nSPS) is 25.5. The molecule has 0 atom stereocenters. The summed E-state index contributed by atoms with van der Waals surface area (Å²) >= 11 is 0. The first-order valence-corrected chi connectivity index (χ1v) is 7.03. The molecule has 0 bridgehead atoms. The Balaban J connectivity index is 1.31. The van der Waals surface area contributed by atoms with Crippen LogP contribution in [0.2, 0.25) is 0 Å². The highest BCUT2D eigenvalue weighted by Gasteiger charge is 2.34. The molecule has 4 nitrogen and oxygen atoms in total. The van der Waals surface area contributed by atoms with E-state index in [9.17, 15) is 4.79 Å². The van der Waals surface area contributed by atoms with E-state index in [2.05, 4.69) is 10.6 Å². The minimum absolute atomic E-state index is 0.277. The summed E-state index contributed by atoms with van der Waals surface area (Å²) in [5.41, 5.74) is 1.01. The molecule has 4 heteroatoms. The molecule has 0 aromatic heterocycles. The highest BCUT2D eigenvalue weighted by molar-refractivity contribution is 5.67. The van der Waals surface area contributed by atoms with Gasteiger partial charge < -0.3 is 15.4 Å². The van der Waals surface area contributed by atoms with E-state index in [1.807, 2.05) is 30.3 Å². The Labute approximate surface area is 113 Å². The lowest BCUT2D eigenvalue weighted by Gasteiger charge is -2.36. The number of carbonyl (C=O) groups is 1. The predicted octanol–water partition coefficient (Wildman–Crippen LogP) is 2.20. The Morgan fingerprint density at radius 3 is 2.53 bits per heavy atom. The van der Waals surface area contributed by atoms with Gasteiger partial charge in [-0.25, -0.2) is 4.79 Å². The average Bonchev–Trinajstić information content (AvgIpc) is 3.19. The second-order valence-electron chi connectivity index (χ2n) is 5.51. The molecule has 19 heavy (non-hydrogen) atoms. The molecule has 0 spiro atoms. The van der Waals surface area contributed by atoms with Crippen LogP contribution >= 0.6 is 0 Å². The van der Waals surface area contributed by atoms with Crippen LogP contribution in [0.4, 0.5) is 4.79 Å². The first kappa shape index (κ1) is 12.5. The van der Waals surface area contributed by atoms with Crippen molar-refractivity contribution in [1.82, 2.24) is 10.6 Å². The molecule has 0 saturated heterocycles. The zero-order valence-corrected chi connectivity index (χ0v) is 11.0. The molecule has 1 aromatic rings. The predicted molar refractivity (Wildman–Crippen MR) is 72.7 cm³/mol. The van der Waals surface area contributed by atoms with Crippen LogP contribution in [-0.4, -0.2) is 24.2 Å². The van der Waals surface area contributed by atoms with Gasteiger partial charge in [0.2, 0.25) is 0 Å². The van der Waals surface area contributed by atoms with Crippen LogP contribution < -0.4 is 10.6 Å². The average molecular weight is 260 g/mol. The van der Waals surface area contributed by atoms with Crippen molar-refractivity contribution in [2.45, 2.75) is 50.4 Å². The summed E-state index contributed by atoms with van der Waals surface area (Å²) in [5, 5.41) is 6.47. The third kappa shape index (κ3) is 3.70. The Kier molecular flexibility index (Phi) is 3.69. The minimum Gasteiger partial charge on any atom is -0.445 e.